The fourth-order valence-electron chi connectivity index (χ4n) is 4.84. The summed E-state index contributed by atoms with van der Waals surface area (Å²) in [7, 11) is 0. The monoisotopic (exact) mass is 584 g/mol. The van der Waals surface area contributed by atoms with Crippen LogP contribution in [-0.4, -0.2) is 122 Å². The largest absolute Gasteiger partial charge is 0.458 e. The number of nitro groups is 6. The van der Waals surface area contributed by atoms with Crippen LogP contribution in [0, 0.1) is 60.7 Å². The average molecular weight is 584 g/mol. The SMILES string of the molecule is CCOC(=O)C(=O)OCC.O=[N+]([O-])N1C2C3N([N+](=O)[O-])[C@H]4[C@@H](N3[N+](=O)[O-])N([N+](=O)[O-])[C@@H]1[C@@H](N2[N+](=O)[O-])N4[N+](=O)[O-]. The number of ether oxygens (including phenoxy) is 2. The first-order valence-corrected chi connectivity index (χ1v) is 10.5. The van der Waals surface area contributed by atoms with E-state index in [0.29, 0.717) is 0 Å². The minimum absolute atomic E-state index is 0.180. The third kappa shape index (κ3) is 4.01. The molecule has 0 unspecified atom stereocenters. The second-order valence-electron chi connectivity index (χ2n) is 7.63. The molecule has 0 aromatic heterocycles. The molecule has 0 atom stereocenters. The summed E-state index contributed by atoms with van der Waals surface area (Å²) in [6.45, 7) is 3.63. The van der Waals surface area contributed by atoms with Crippen LogP contribution in [0.2, 0.25) is 0 Å². The van der Waals surface area contributed by atoms with E-state index in [4.69, 9.17) is 0 Å². The molecule has 0 spiro atoms. The lowest BCUT2D eigenvalue weighted by atomic mass is 10.2. The third-order valence-electron chi connectivity index (χ3n) is 5.90. The molecule has 5 rings (SSSR count). The van der Waals surface area contributed by atoms with Gasteiger partial charge < -0.3 is 9.47 Å². The molecule has 0 aromatic carbocycles. The van der Waals surface area contributed by atoms with Crippen molar-refractivity contribution in [1.82, 2.24) is 30.1 Å². The van der Waals surface area contributed by atoms with E-state index in [9.17, 15) is 70.3 Å². The lowest BCUT2D eigenvalue weighted by Crippen LogP contribution is -2.77. The van der Waals surface area contributed by atoms with Crippen LogP contribution in [0.15, 0.2) is 0 Å². The van der Waals surface area contributed by atoms with Gasteiger partial charge in [-0.3, -0.25) is 0 Å². The molecule has 28 heteroatoms. The fraction of sp³-hybridized carbons (Fsp3) is 0.833. The zero-order valence-corrected chi connectivity index (χ0v) is 19.8. The van der Waals surface area contributed by atoms with Gasteiger partial charge in [-0.15, -0.1) is 0 Å². The van der Waals surface area contributed by atoms with Gasteiger partial charge in [-0.2, -0.15) is 0 Å². The van der Waals surface area contributed by atoms with Gasteiger partial charge in [0, 0.05) is 0 Å². The van der Waals surface area contributed by atoms with Gasteiger partial charge in [0.15, 0.2) is 30.2 Å². The zero-order chi connectivity index (χ0) is 30.4. The number of piperazine rings is 1. The lowest BCUT2D eigenvalue weighted by Gasteiger charge is -2.39. The van der Waals surface area contributed by atoms with Crippen molar-refractivity contribution in [3.05, 3.63) is 60.7 Å². The van der Waals surface area contributed by atoms with Crippen molar-refractivity contribution < 1.29 is 49.3 Å². The fourth-order valence-corrected chi connectivity index (χ4v) is 4.84. The Balaban J connectivity index is 0.000000378. The molecule has 6 bridgehead atoms. The predicted octanol–water partition coefficient (Wildman–Crippen LogP) is -3.93. The normalized spacial score (nSPS) is 27.1. The topological polar surface area (TPSA) is 331 Å². The highest BCUT2D eigenvalue weighted by Gasteiger charge is 2.89. The summed E-state index contributed by atoms with van der Waals surface area (Å²) >= 11 is 0. The summed E-state index contributed by atoms with van der Waals surface area (Å²) in [4.78, 5) is 90.8. The van der Waals surface area contributed by atoms with Gasteiger partial charge in [-0.1, -0.05) is 30.1 Å². The van der Waals surface area contributed by atoms with Crippen LogP contribution in [0.3, 0.4) is 0 Å². The second kappa shape index (κ2) is 10.1. The Labute approximate surface area is 217 Å². The Bertz CT molecular complexity index is 1020. The minimum Gasteiger partial charge on any atom is -0.458 e. The summed E-state index contributed by atoms with van der Waals surface area (Å²) in [5.41, 5.74) is 0. The number of carbonyl (C=O) groups is 2. The number of carbonyl (C=O) groups excluding carboxylic acids is 2. The summed E-state index contributed by atoms with van der Waals surface area (Å²) < 4.78 is 8.69. The molecule has 0 aliphatic carbocycles. The molecule has 0 aromatic rings. The molecule has 40 heavy (non-hydrogen) atoms. The minimum atomic E-state index is -2.47. The van der Waals surface area contributed by atoms with E-state index in [1.165, 1.54) is 0 Å². The van der Waals surface area contributed by atoms with Crippen LogP contribution < -0.4 is 0 Å². The van der Waals surface area contributed by atoms with Gasteiger partial charge in [-0.25, -0.2) is 70.3 Å². The van der Waals surface area contributed by atoms with Crippen LogP contribution in [0.5, 0.6) is 0 Å². The summed E-state index contributed by atoms with van der Waals surface area (Å²) in [5.74, 6) is -1.85. The van der Waals surface area contributed by atoms with E-state index < -0.39 is 79.1 Å². The molecular formula is C12H16N12O16. The molecule has 5 fully saturated rings. The van der Waals surface area contributed by atoms with E-state index in [2.05, 4.69) is 9.47 Å². The van der Waals surface area contributed by atoms with E-state index in [-0.39, 0.29) is 43.3 Å². The van der Waals surface area contributed by atoms with Gasteiger partial charge in [-0.05, 0) is 13.8 Å². The molecule has 5 heterocycles. The Hall–Kier alpha value is -5.86. The van der Waals surface area contributed by atoms with E-state index in [0.717, 1.165) is 0 Å². The number of hydrazine groups is 6. The van der Waals surface area contributed by atoms with Crippen molar-refractivity contribution in [3.63, 3.8) is 0 Å². The summed E-state index contributed by atoms with van der Waals surface area (Å²) in [5, 5.41) is 60.5. The first-order valence-electron chi connectivity index (χ1n) is 10.5. The Morgan fingerprint density at radius 1 is 0.475 bits per heavy atom. The Morgan fingerprint density at radius 3 is 0.725 bits per heavy atom. The molecule has 28 nitrogen and oxygen atoms in total. The highest BCUT2D eigenvalue weighted by molar-refractivity contribution is 6.29. The highest BCUT2D eigenvalue weighted by atomic mass is 16.7. The molecule has 5 aliphatic heterocycles. The standard InChI is InChI=1S/C6H6N12O12.C6H10O4/c19-13(20)7-1-2-8(14(21)22)5(7)6-9(15(23)24)3(11(1)17(27)28)4(10(6)16(25)26)12(2)18(29)30;1-3-9-5(7)6(8)10-4-2/h1-6H;3-4H2,1-2H3/t1-,2+,3+,4-,5?,6?;. The maximum absolute atomic E-state index is 11.7. The number of nitrogens with zero attached hydrogens (tertiary/aromatic N) is 12. The first kappa shape index (κ1) is 28.7. The number of rotatable bonds is 8. The van der Waals surface area contributed by atoms with Crippen molar-refractivity contribution in [2.24, 2.45) is 0 Å². The van der Waals surface area contributed by atoms with Gasteiger partial charge >= 0.3 is 11.9 Å². The van der Waals surface area contributed by atoms with Gasteiger partial charge in [0.1, 0.15) is 0 Å². The molecule has 5 aliphatic rings. The second-order valence-corrected chi connectivity index (χ2v) is 7.63. The maximum Gasteiger partial charge on any atom is 0.417 e. The number of hydrogen-bond donors (Lipinski definition) is 0. The van der Waals surface area contributed by atoms with Crippen LogP contribution in [0.4, 0.5) is 0 Å². The van der Waals surface area contributed by atoms with Crippen molar-refractivity contribution in [2.75, 3.05) is 13.2 Å². The van der Waals surface area contributed by atoms with Crippen molar-refractivity contribution in [2.45, 2.75) is 50.8 Å². The number of hydrogen-bond acceptors (Lipinski definition) is 16. The summed E-state index contributed by atoms with van der Waals surface area (Å²) in [6, 6.07) is 0. The quantitative estimate of drug-likeness (QED) is 0.114. The molecular weight excluding hydrogens is 568 g/mol. The molecule has 0 amide bonds. The average Bonchev–Trinajstić information content (AvgIpc) is 3.28. The molecule has 220 valence electrons. The third-order valence-corrected chi connectivity index (χ3v) is 5.90. The van der Waals surface area contributed by atoms with Gasteiger partial charge in [0.2, 0.25) is 0 Å². The molecule has 5 saturated heterocycles. The van der Waals surface area contributed by atoms with Gasteiger partial charge in [0.05, 0.1) is 13.2 Å². The van der Waals surface area contributed by atoms with Gasteiger partial charge in [0.25, 0.3) is 37.0 Å². The zero-order valence-electron chi connectivity index (χ0n) is 19.8. The highest BCUT2D eigenvalue weighted by Crippen LogP contribution is 2.51. The van der Waals surface area contributed by atoms with Crippen LogP contribution in [0.25, 0.3) is 0 Å². The maximum atomic E-state index is 11.7. The Kier molecular flexibility index (Phi) is 7.27. The first-order chi connectivity index (χ1) is 18.6. The van der Waals surface area contributed by atoms with Crippen LogP contribution >= 0.6 is 0 Å². The number of esters is 2. The van der Waals surface area contributed by atoms with E-state index in [1.54, 1.807) is 13.8 Å². The van der Waals surface area contributed by atoms with Crippen LogP contribution in [0.1, 0.15) is 13.8 Å². The Morgan fingerprint density at radius 2 is 0.625 bits per heavy atom. The lowest BCUT2D eigenvalue weighted by molar-refractivity contribution is -0.792. The molecule has 0 saturated carbocycles. The van der Waals surface area contributed by atoms with Crippen LogP contribution in [-0.2, 0) is 19.1 Å². The summed E-state index contributed by atoms with van der Waals surface area (Å²) in [6.07, 6.45) is -14.4. The van der Waals surface area contributed by atoms with Crippen molar-refractivity contribution in [1.29, 1.82) is 0 Å². The predicted molar refractivity (Wildman–Crippen MR) is 109 cm³/mol. The molecule has 0 N–H and O–H groups in total. The van der Waals surface area contributed by atoms with Crippen molar-refractivity contribution >= 4 is 11.9 Å². The molecule has 0 radical (unpaired) electrons. The van der Waals surface area contributed by atoms with E-state index in [1.807, 2.05) is 0 Å². The van der Waals surface area contributed by atoms with Crippen molar-refractivity contribution in [3.8, 4) is 0 Å². The van der Waals surface area contributed by atoms with E-state index >= 15 is 0 Å². The smallest absolute Gasteiger partial charge is 0.417 e.